The minimum atomic E-state index is -0.175. The van der Waals surface area contributed by atoms with Crippen LogP contribution in [-0.2, 0) is 10.3 Å². The highest BCUT2D eigenvalue weighted by molar-refractivity contribution is 5.57. The van der Waals surface area contributed by atoms with Crippen molar-refractivity contribution in [3.8, 4) is 0 Å². The van der Waals surface area contributed by atoms with E-state index in [0.717, 1.165) is 55.8 Å². The van der Waals surface area contributed by atoms with Gasteiger partial charge in [-0.25, -0.2) is 9.50 Å². The quantitative estimate of drug-likeness (QED) is 0.854. The molecular weight excluding hydrogens is 276 g/mol. The van der Waals surface area contributed by atoms with Crippen LogP contribution < -0.4 is 4.90 Å². The molecule has 3 aliphatic heterocycles. The number of aryl methyl sites for hydroxylation is 1. The molecule has 1 atom stereocenters. The zero-order valence-corrected chi connectivity index (χ0v) is 13.2. The molecule has 4 fully saturated rings. The first kappa shape index (κ1) is 12.9. The third-order valence-electron chi connectivity index (χ3n) is 5.63. The molecule has 2 bridgehead atoms. The fourth-order valence-corrected chi connectivity index (χ4v) is 4.30. The van der Waals surface area contributed by atoms with Crippen LogP contribution in [0.5, 0.6) is 0 Å². The first-order valence-electron chi connectivity index (χ1n) is 8.39. The number of fused-ring (bicyclic) bond motifs is 2. The second-order valence-electron chi connectivity index (χ2n) is 7.50. The van der Waals surface area contributed by atoms with Crippen molar-refractivity contribution < 1.29 is 4.74 Å². The van der Waals surface area contributed by atoms with E-state index in [4.69, 9.17) is 14.8 Å². The highest BCUT2D eigenvalue weighted by Crippen LogP contribution is 2.54. The molecule has 1 unspecified atom stereocenters. The summed E-state index contributed by atoms with van der Waals surface area (Å²) in [6.45, 7) is 7.62. The van der Waals surface area contributed by atoms with Crippen LogP contribution in [0.4, 0.5) is 5.69 Å². The second-order valence-corrected chi connectivity index (χ2v) is 7.50. The SMILES string of the molecule is Cc1cc(N2CCC(C)C2)cn2nc(C34CC(CO3)C4)nc12. The number of nitrogens with zero attached hydrogens (tertiary/aromatic N) is 4. The minimum Gasteiger partial charge on any atom is -0.370 e. The van der Waals surface area contributed by atoms with Gasteiger partial charge in [-0.3, -0.25) is 0 Å². The van der Waals surface area contributed by atoms with Gasteiger partial charge in [0, 0.05) is 13.1 Å². The third kappa shape index (κ3) is 1.69. The van der Waals surface area contributed by atoms with Gasteiger partial charge in [0.1, 0.15) is 5.60 Å². The summed E-state index contributed by atoms with van der Waals surface area (Å²) in [4.78, 5) is 7.26. The molecule has 6 rings (SSSR count). The summed E-state index contributed by atoms with van der Waals surface area (Å²) < 4.78 is 7.93. The Labute approximate surface area is 130 Å². The molecule has 5 heteroatoms. The van der Waals surface area contributed by atoms with Crippen LogP contribution in [0.25, 0.3) is 5.65 Å². The van der Waals surface area contributed by atoms with Gasteiger partial charge < -0.3 is 9.64 Å². The monoisotopic (exact) mass is 298 g/mol. The highest BCUT2D eigenvalue weighted by atomic mass is 16.5. The number of rotatable bonds is 2. The number of hydrogen-bond acceptors (Lipinski definition) is 4. The summed E-state index contributed by atoms with van der Waals surface area (Å²) in [5.74, 6) is 2.39. The Morgan fingerprint density at radius 3 is 2.91 bits per heavy atom. The largest absolute Gasteiger partial charge is 0.370 e. The molecule has 1 aliphatic carbocycles. The van der Waals surface area contributed by atoms with Crippen LogP contribution in [0, 0.1) is 18.8 Å². The van der Waals surface area contributed by atoms with Gasteiger partial charge in [-0.1, -0.05) is 6.92 Å². The van der Waals surface area contributed by atoms with Gasteiger partial charge in [-0.15, -0.1) is 5.10 Å². The second kappa shape index (κ2) is 4.22. The molecule has 22 heavy (non-hydrogen) atoms. The van der Waals surface area contributed by atoms with Crippen LogP contribution in [0.15, 0.2) is 12.3 Å². The molecule has 0 aromatic carbocycles. The summed E-state index contributed by atoms with van der Waals surface area (Å²) in [5.41, 5.74) is 3.26. The predicted octanol–water partition coefficient (Wildman–Crippen LogP) is 2.52. The average Bonchev–Trinajstić information content (AvgIpc) is 3.19. The van der Waals surface area contributed by atoms with E-state index in [9.17, 15) is 0 Å². The molecule has 0 spiro atoms. The van der Waals surface area contributed by atoms with Crippen molar-refractivity contribution in [2.45, 2.75) is 38.7 Å². The summed E-state index contributed by atoms with van der Waals surface area (Å²) in [7, 11) is 0. The zero-order chi connectivity index (χ0) is 14.9. The molecule has 4 aliphatic rings. The Balaban J connectivity index is 1.56. The lowest BCUT2D eigenvalue weighted by molar-refractivity contribution is -0.0109. The molecular formula is C17H22N4O. The Morgan fingerprint density at radius 1 is 1.36 bits per heavy atom. The lowest BCUT2D eigenvalue weighted by Crippen LogP contribution is -2.34. The van der Waals surface area contributed by atoms with Gasteiger partial charge in [0.05, 0.1) is 18.5 Å². The van der Waals surface area contributed by atoms with Gasteiger partial charge in [-0.2, -0.15) is 0 Å². The van der Waals surface area contributed by atoms with E-state index >= 15 is 0 Å². The first-order chi connectivity index (χ1) is 10.6. The van der Waals surface area contributed by atoms with Crippen molar-refractivity contribution in [1.29, 1.82) is 0 Å². The molecule has 0 N–H and O–H groups in total. The Kier molecular flexibility index (Phi) is 2.47. The molecule has 5 heterocycles. The molecule has 116 valence electrons. The molecule has 1 saturated carbocycles. The Hall–Kier alpha value is -1.62. The van der Waals surface area contributed by atoms with E-state index in [1.807, 2.05) is 4.52 Å². The Bertz CT molecular complexity index is 741. The van der Waals surface area contributed by atoms with Crippen molar-refractivity contribution in [1.82, 2.24) is 14.6 Å². The lowest BCUT2D eigenvalue weighted by Gasteiger charge is -2.32. The molecule has 0 amide bonds. The van der Waals surface area contributed by atoms with Crippen LogP contribution in [-0.4, -0.2) is 34.3 Å². The maximum Gasteiger partial charge on any atom is 0.183 e. The molecule has 2 aromatic rings. The number of aromatic nitrogens is 3. The van der Waals surface area contributed by atoms with E-state index in [2.05, 4.69) is 31.0 Å². The van der Waals surface area contributed by atoms with Crippen LogP contribution in [0.3, 0.4) is 0 Å². The maximum atomic E-state index is 5.97. The van der Waals surface area contributed by atoms with E-state index in [1.54, 1.807) is 0 Å². The number of ether oxygens (including phenoxy) is 1. The van der Waals surface area contributed by atoms with Gasteiger partial charge in [0.15, 0.2) is 11.5 Å². The molecule has 0 radical (unpaired) electrons. The first-order valence-corrected chi connectivity index (χ1v) is 8.39. The number of pyridine rings is 1. The lowest BCUT2D eigenvalue weighted by atomic mass is 9.74. The van der Waals surface area contributed by atoms with Crippen molar-refractivity contribution >= 4 is 11.3 Å². The molecule has 2 aromatic heterocycles. The normalized spacial score (nSPS) is 33.6. The van der Waals surface area contributed by atoms with Crippen molar-refractivity contribution in [2.75, 3.05) is 24.6 Å². The minimum absolute atomic E-state index is 0.175. The number of anilines is 1. The highest BCUT2D eigenvalue weighted by Gasteiger charge is 2.55. The van der Waals surface area contributed by atoms with Gasteiger partial charge in [-0.05, 0) is 49.7 Å². The van der Waals surface area contributed by atoms with E-state index in [-0.39, 0.29) is 5.60 Å². The zero-order valence-electron chi connectivity index (χ0n) is 13.2. The molecule has 5 nitrogen and oxygen atoms in total. The molecule has 3 saturated heterocycles. The standard InChI is InChI=1S/C17H22N4O/c1-11-3-4-20(8-11)14-5-12(2)15-18-16(19-21(15)9-14)17-6-13(7-17)10-22-17/h5,9,11,13H,3-4,6-8,10H2,1-2H3. The topological polar surface area (TPSA) is 42.7 Å². The van der Waals surface area contributed by atoms with E-state index < -0.39 is 0 Å². The van der Waals surface area contributed by atoms with Crippen LogP contribution in [0.2, 0.25) is 0 Å². The van der Waals surface area contributed by atoms with E-state index in [1.165, 1.54) is 17.7 Å². The van der Waals surface area contributed by atoms with Gasteiger partial charge in [0.2, 0.25) is 0 Å². The van der Waals surface area contributed by atoms with Crippen molar-refractivity contribution in [3.05, 3.63) is 23.7 Å². The predicted molar refractivity (Wildman–Crippen MR) is 84.1 cm³/mol. The summed E-state index contributed by atoms with van der Waals surface area (Å²) >= 11 is 0. The van der Waals surface area contributed by atoms with Gasteiger partial charge in [0.25, 0.3) is 0 Å². The Morgan fingerprint density at radius 2 is 2.23 bits per heavy atom. The van der Waals surface area contributed by atoms with Crippen molar-refractivity contribution in [2.24, 2.45) is 11.8 Å². The number of hydrogen-bond donors (Lipinski definition) is 0. The third-order valence-corrected chi connectivity index (χ3v) is 5.63. The smallest absolute Gasteiger partial charge is 0.183 e. The van der Waals surface area contributed by atoms with Gasteiger partial charge >= 0.3 is 0 Å². The summed E-state index contributed by atoms with van der Waals surface area (Å²) in [6, 6.07) is 2.25. The fraction of sp³-hybridized carbons (Fsp3) is 0.647. The van der Waals surface area contributed by atoms with E-state index in [0.29, 0.717) is 0 Å². The summed E-state index contributed by atoms with van der Waals surface area (Å²) in [6.07, 6.45) is 5.61. The maximum absolute atomic E-state index is 5.97. The average molecular weight is 298 g/mol. The van der Waals surface area contributed by atoms with Crippen LogP contribution in [0.1, 0.15) is 37.6 Å². The van der Waals surface area contributed by atoms with Crippen molar-refractivity contribution in [3.63, 3.8) is 0 Å². The fourth-order valence-electron chi connectivity index (χ4n) is 4.30. The summed E-state index contributed by atoms with van der Waals surface area (Å²) in [5, 5.41) is 4.77. The van der Waals surface area contributed by atoms with Crippen LogP contribution >= 0.6 is 0 Å².